The highest BCUT2D eigenvalue weighted by atomic mass is 19.1. The fourth-order valence-electron chi connectivity index (χ4n) is 3.66. The van der Waals surface area contributed by atoms with Crippen LogP contribution in [0.5, 0.6) is 0 Å². The van der Waals surface area contributed by atoms with E-state index in [1.807, 2.05) is 4.90 Å². The van der Waals surface area contributed by atoms with Crippen molar-refractivity contribution in [3.8, 4) is 0 Å². The molecule has 1 aliphatic heterocycles. The molecule has 1 N–H and O–H groups in total. The molecule has 4 rings (SSSR count). The minimum absolute atomic E-state index is 0.0392. The fraction of sp³-hybridized carbons (Fsp3) is 0.333. The van der Waals surface area contributed by atoms with Gasteiger partial charge >= 0.3 is 0 Å². The summed E-state index contributed by atoms with van der Waals surface area (Å²) < 4.78 is 38.5. The number of carbonyl (C=O) groups excluding carboxylic acids is 1. The first-order valence-electron chi connectivity index (χ1n) is 10.6. The minimum atomic E-state index is -0.324. The summed E-state index contributed by atoms with van der Waals surface area (Å²) in [6.07, 6.45) is 3.29. The molecule has 168 valence electrons. The summed E-state index contributed by atoms with van der Waals surface area (Å²) in [4.78, 5) is 18.6. The Morgan fingerprint density at radius 3 is 2.66 bits per heavy atom. The molecule has 2 aromatic carbocycles. The molecular formula is C24H25F2N3O3. The number of amides is 1. The van der Waals surface area contributed by atoms with Gasteiger partial charge in [0.25, 0.3) is 5.91 Å². The van der Waals surface area contributed by atoms with E-state index in [0.717, 1.165) is 25.0 Å². The molecule has 1 atom stereocenters. The first-order chi connectivity index (χ1) is 15.6. The van der Waals surface area contributed by atoms with E-state index in [2.05, 4.69) is 10.3 Å². The number of aromatic nitrogens is 1. The van der Waals surface area contributed by atoms with Crippen LogP contribution in [-0.4, -0.2) is 35.0 Å². The molecule has 8 heteroatoms. The van der Waals surface area contributed by atoms with E-state index in [0.29, 0.717) is 31.1 Å². The smallest absolute Gasteiger partial charge is 0.273 e. The van der Waals surface area contributed by atoms with E-state index < -0.39 is 0 Å². The van der Waals surface area contributed by atoms with Crippen molar-refractivity contribution < 1.29 is 22.7 Å². The summed E-state index contributed by atoms with van der Waals surface area (Å²) in [6, 6.07) is 12.7. The number of oxazole rings is 1. The molecule has 0 radical (unpaired) electrons. The van der Waals surface area contributed by atoms with Crippen LogP contribution in [-0.2, 0) is 24.4 Å². The lowest BCUT2D eigenvalue weighted by atomic mass is 10.1. The molecule has 1 amide bonds. The summed E-state index contributed by atoms with van der Waals surface area (Å²) >= 11 is 0. The number of benzene rings is 2. The molecule has 32 heavy (non-hydrogen) atoms. The van der Waals surface area contributed by atoms with E-state index in [9.17, 15) is 13.6 Å². The van der Waals surface area contributed by atoms with Crippen LogP contribution in [0.4, 0.5) is 8.78 Å². The molecule has 1 fully saturated rings. The van der Waals surface area contributed by atoms with Gasteiger partial charge in [-0.15, -0.1) is 0 Å². The second-order valence-electron chi connectivity index (χ2n) is 7.83. The second kappa shape index (κ2) is 10.5. The van der Waals surface area contributed by atoms with Gasteiger partial charge in [-0.05, 0) is 36.6 Å². The van der Waals surface area contributed by atoms with Gasteiger partial charge < -0.3 is 14.5 Å². The van der Waals surface area contributed by atoms with Crippen LogP contribution in [0, 0.1) is 11.6 Å². The molecule has 2 heterocycles. The Morgan fingerprint density at radius 1 is 1.09 bits per heavy atom. The number of nitrogens with one attached hydrogen (secondary N) is 1. The first kappa shape index (κ1) is 22.1. The van der Waals surface area contributed by atoms with Gasteiger partial charge in [-0.25, -0.2) is 13.8 Å². The number of carbonyl (C=O) groups is 1. The molecule has 0 spiro atoms. The van der Waals surface area contributed by atoms with Crippen molar-refractivity contribution in [2.45, 2.75) is 38.6 Å². The zero-order valence-corrected chi connectivity index (χ0v) is 17.6. The van der Waals surface area contributed by atoms with Crippen LogP contribution in [0.15, 0.2) is 59.2 Å². The third-order valence-corrected chi connectivity index (χ3v) is 5.33. The highest BCUT2D eigenvalue weighted by molar-refractivity contribution is 5.91. The van der Waals surface area contributed by atoms with Crippen LogP contribution in [0.2, 0.25) is 0 Å². The second-order valence-corrected chi connectivity index (χ2v) is 7.83. The Hall–Kier alpha value is -3.10. The predicted octanol–water partition coefficient (Wildman–Crippen LogP) is 4.06. The monoisotopic (exact) mass is 441 g/mol. The van der Waals surface area contributed by atoms with Crippen molar-refractivity contribution >= 4 is 5.91 Å². The third kappa shape index (κ3) is 5.99. The number of hydrogen-bond donors (Lipinski definition) is 1. The van der Waals surface area contributed by atoms with Crippen LogP contribution in [0.25, 0.3) is 0 Å². The maximum Gasteiger partial charge on any atom is 0.273 e. The third-order valence-electron chi connectivity index (χ3n) is 5.33. The molecule has 1 saturated heterocycles. The number of ether oxygens (including phenoxy) is 1. The Labute approximate surface area is 185 Å². The van der Waals surface area contributed by atoms with Gasteiger partial charge in [0, 0.05) is 31.8 Å². The molecule has 1 unspecified atom stereocenters. The molecule has 3 aromatic rings. The zero-order valence-electron chi connectivity index (χ0n) is 17.6. The van der Waals surface area contributed by atoms with Crippen molar-refractivity contribution in [2.75, 3.05) is 13.2 Å². The SMILES string of the molecule is O=C(NCC1CCCO1)c1coc(CN(Cc2ccc(F)cc2)Cc2ccccc2F)n1. The summed E-state index contributed by atoms with van der Waals surface area (Å²) in [7, 11) is 0. The zero-order chi connectivity index (χ0) is 22.3. The van der Waals surface area contributed by atoms with E-state index in [1.165, 1.54) is 24.5 Å². The van der Waals surface area contributed by atoms with Gasteiger partial charge in [-0.2, -0.15) is 0 Å². The number of halogens is 2. The van der Waals surface area contributed by atoms with Gasteiger partial charge in [0.05, 0.1) is 12.6 Å². The van der Waals surface area contributed by atoms with Crippen molar-refractivity contribution in [2.24, 2.45) is 0 Å². The van der Waals surface area contributed by atoms with Gasteiger partial charge in [0.1, 0.15) is 17.9 Å². The Kier molecular flexibility index (Phi) is 7.24. The summed E-state index contributed by atoms with van der Waals surface area (Å²) in [6.45, 7) is 2.14. The largest absolute Gasteiger partial charge is 0.447 e. The highest BCUT2D eigenvalue weighted by Crippen LogP contribution is 2.17. The lowest BCUT2D eigenvalue weighted by Crippen LogP contribution is -2.32. The summed E-state index contributed by atoms with van der Waals surface area (Å²) in [5.41, 5.74) is 1.57. The van der Waals surface area contributed by atoms with Crippen LogP contribution in [0.3, 0.4) is 0 Å². The van der Waals surface area contributed by atoms with E-state index in [-0.39, 0.29) is 35.9 Å². The average Bonchev–Trinajstić information content (AvgIpc) is 3.47. The number of hydrogen-bond acceptors (Lipinski definition) is 5. The van der Waals surface area contributed by atoms with E-state index >= 15 is 0 Å². The van der Waals surface area contributed by atoms with Gasteiger partial charge in [-0.1, -0.05) is 30.3 Å². The van der Waals surface area contributed by atoms with Crippen LogP contribution >= 0.6 is 0 Å². The van der Waals surface area contributed by atoms with Crippen LogP contribution in [0.1, 0.15) is 40.3 Å². The topological polar surface area (TPSA) is 67.6 Å². The molecule has 1 aromatic heterocycles. The molecule has 0 saturated carbocycles. The lowest BCUT2D eigenvalue weighted by Gasteiger charge is -2.21. The quantitative estimate of drug-likeness (QED) is 0.542. The fourth-order valence-corrected chi connectivity index (χ4v) is 3.66. The Morgan fingerprint density at radius 2 is 1.91 bits per heavy atom. The average molecular weight is 441 g/mol. The van der Waals surface area contributed by atoms with E-state index in [1.54, 1.807) is 30.3 Å². The number of rotatable bonds is 9. The van der Waals surface area contributed by atoms with Crippen molar-refractivity contribution in [1.82, 2.24) is 15.2 Å². The molecule has 0 aliphatic carbocycles. The molecule has 1 aliphatic rings. The molecule has 6 nitrogen and oxygen atoms in total. The Balaban J connectivity index is 1.43. The molecule has 0 bridgehead atoms. The number of nitrogens with zero attached hydrogens (tertiary/aromatic N) is 2. The predicted molar refractivity (Wildman–Crippen MR) is 114 cm³/mol. The van der Waals surface area contributed by atoms with Crippen molar-refractivity contribution in [3.05, 3.63) is 89.1 Å². The van der Waals surface area contributed by atoms with Gasteiger partial charge in [-0.3, -0.25) is 9.69 Å². The minimum Gasteiger partial charge on any atom is -0.447 e. The summed E-state index contributed by atoms with van der Waals surface area (Å²) in [5.74, 6) is -0.612. The molecular weight excluding hydrogens is 416 g/mol. The maximum absolute atomic E-state index is 14.2. The highest BCUT2D eigenvalue weighted by Gasteiger charge is 2.19. The lowest BCUT2D eigenvalue weighted by molar-refractivity contribution is 0.0853. The summed E-state index contributed by atoms with van der Waals surface area (Å²) in [5, 5.41) is 2.81. The maximum atomic E-state index is 14.2. The van der Waals surface area contributed by atoms with Crippen molar-refractivity contribution in [1.29, 1.82) is 0 Å². The van der Waals surface area contributed by atoms with Gasteiger partial charge in [0.15, 0.2) is 5.69 Å². The van der Waals surface area contributed by atoms with E-state index in [4.69, 9.17) is 9.15 Å². The Bertz CT molecular complexity index is 1030. The normalized spacial score (nSPS) is 15.9. The first-order valence-corrected chi connectivity index (χ1v) is 10.6. The van der Waals surface area contributed by atoms with Gasteiger partial charge in [0.2, 0.25) is 5.89 Å². The standard InChI is InChI=1S/C24H25F2N3O3/c25-19-9-7-17(8-10-19)13-29(14-18-4-1-2-6-21(18)26)15-23-28-22(16-32-23)24(30)27-12-20-5-3-11-31-20/h1-2,4,6-10,16,20H,3,5,11-15H2,(H,27,30). The van der Waals surface area contributed by atoms with Crippen LogP contribution < -0.4 is 5.32 Å². The van der Waals surface area contributed by atoms with Crippen molar-refractivity contribution in [3.63, 3.8) is 0 Å².